The Morgan fingerprint density at radius 2 is 1.95 bits per heavy atom. The van der Waals surface area contributed by atoms with Gasteiger partial charge in [0.2, 0.25) is 0 Å². The molecule has 2 aromatic rings. The number of nitrogens with one attached hydrogen (secondary N) is 1. The van der Waals surface area contributed by atoms with Crippen LogP contribution < -0.4 is 10.1 Å². The number of rotatable bonds is 6. The highest BCUT2D eigenvalue weighted by atomic mass is 16.5. The van der Waals surface area contributed by atoms with Crippen molar-refractivity contribution < 1.29 is 9.84 Å². The molecule has 0 atom stereocenters. The number of para-hydroxylation sites is 1. The summed E-state index contributed by atoms with van der Waals surface area (Å²) in [6.45, 7) is 0.864. The Hall–Kier alpha value is -1.84. The van der Waals surface area contributed by atoms with Gasteiger partial charge in [-0.3, -0.25) is 0 Å². The molecule has 2 aromatic carbocycles. The lowest BCUT2D eigenvalue weighted by Crippen LogP contribution is -2.15. The minimum absolute atomic E-state index is 0.0148. The van der Waals surface area contributed by atoms with E-state index in [9.17, 15) is 5.11 Å². The molecule has 0 spiro atoms. The summed E-state index contributed by atoms with van der Waals surface area (Å²) in [6, 6.07) is 16.3. The molecule has 20 heavy (non-hydrogen) atoms. The average Bonchev–Trinajstić information content (AvgIpc) is 3.30. The first-order chi connectivity index (χ1) is 9.85. The molecule has 1 fully saturated rings. The molecule has 1 aliphatic carbocycles. The van der Waals surface area contributed by atoms with Gasteiger partial charge in [0.15, 0.2) is 0 Å². The van der Waals surface area contributed by atoms with Gasteiger partial charge in [-0.05, 0) is 36.6 Å². The van der Waals surface area contributed by atoms with Gasteiger partial charge in [-0.15, -0.1) is 0 Å². The van der Waals surface area contributed by atoms with E-state index in [1.165, 1.54) is 18.4 Å². The van der Waals surface area contributed by atoms with E-state index >= 15 is 0 Å². The maximum absolute atomic E-state index is 9.31. The highest BCUT2D eigenvalue weighted by Gasteiger charge is 2.19. The van der Waals surface area contributed by atoms with Crippen molar-refractivity contribution in [3.63, 3.8) is 0 Å². The highest BCUT2D eigenvalue weighted by Crippen LogP contribution is 2.26. The first kappa shape index (κ1) is 13.2. The molecule has 1 saturated carbocycles. The first-order valence-electron chi connectivity index (χ1n) is 7.04. The smallest absolute Gasteiger partial charge is 0.132 e. The zero-order valence-corrected chi connectivity index (χ0v) is 11.4. The van der Waals surface area contributed by atoms with Crippen LogP contribution in [0.1, 0.15) is 24.0 Å². The zero-order valence-electron chi connectivity index (χ0n) is 11.4. The van der Waals surface area contributed by atoms with Crippen molar-refractivity contribution in [2.24, 2.45) is 0 Å². The van der Waals surface area contributed by atoms with E-state index in [2.05, 4.69) is 11.4 Å². The van der Waals surface area contributed by atoms with Crippen LogP contribution in [-0.4, -0.2) is 11.1 Å². The highest BCUT2D eigenvalue weighted by molar-refractivity contribution is 5.38. The first-order valence-corrected chi connectivity index (χ1v) is 7.04. The Labute approximate surface area is 119 Å². The lowest BCUT2D eigenvalue weighted by Gasteiger charge is -2.11. The van der Waals surface area contributed by atoms with Gasteiger partial charge in [0.1, 0.15) is 11.5 Å². The molecule has 0 heterocycles. The molecule has 0 saturated heterocycles. The third-order valence-corrected chi connectivity index (χ3v) is 3.44. The monoisotopic (exact) mass is 269 g/mol. The van der Waals surface area contributed by atoms with E-state index in [4.69, 9.17) is 4.74 Å². The molecule has 3 rings (SSSR count). The number of hydrogen-bond acceptors (Lipinski definition) is 3. The molecule has 0 aliphatic heterocycles. The van der Waals surface area contributed by atoms with E-state index in [1.54, 1.807) is 0 Å². The molecular formula is C17H19NO2. The minimum atomic E-state index is -0.0148. The fraction of sp³-hybridized carbons (Fsp3) is 0.294. The number of ether oxygens (including phenoxy) is 1. The molecule has 1 aliphatic rings. The second-order valence-electron chi connectivity index (χ2n) is 5.17. The minimum Gasteiger partial charge on any atom is -0.457 e. The van der Waals surface area contributed by atoms with Crippen molar-refractivity contribution in [3.8, 4) is 11.5 Å². The van der Waals surface area contributed by atoms with Gasteiger partial charge in [0.05, 0.1) is 6.61 Å². The number of benzene rings is 2. The normalized spacial score (nSPS) is 14.2. The van der Waals surface area contributed by atoms with Gasteiger partial charge in [-0.1, -0.05) is 30.3 Å². The summed E-state index contributed by atoms with van der Waals surface area (Å²) in [5.74, 6) is 1.52. The summed E-state index contributed by atoms with van der Waals surface area (Å²) < 4.78 is 5.88. The Morgan fingerprint density at radius 3 is 2.75 bits per heavy atom. The van der Waals surface area contributed by atoms with Gasteiger partial charge < -0.3 is 15.2 Å². The summed E-state index contributed by atoms with van der Waals surface area (Å²) in [4.78, 5) is 0. The standard InChI is InChI=1S/C17H19NO2/c19-12-14-5-1-2-7-17(14)20-16-6-3-4-13(10-16)11-18-15-8-9-15/h1-7,10,15,18-19H,8-9,11-12H2. The molecule has 3 nitrogen and oxygen atoms in total. The molecule has 0 radical (unpaired) electrons. The van der Waals surface area contributed by atoms with Crippen LogP contribution >= 0.6 is 0 Å². The summed E-state index contributed by atoms with van der Waals surface area (Å²) in [5.41, 5.74) is 2.02. The molecule has 104 valence electrons. The van der Waals surface area contributed by atoms with Crippen LogP contribution in [0.5, 0.6) is 11.5 Å². The molecule has 0 unspecified atom stereocenters. The maximum Gasteiger partial charge on any atom is 0.132 e. The van der Waals surface area contributed by atoms with Crippen LogP contribution in [0.2, 0.25) is 0 Å². The quantitative estimate of drug-likeness (QED) is 0.846. The second-order valence-corrected chi connectivity index (χ2v) is 5.17. The molecule has 0 amide bonds. The van der Waals surface area contributed by atoms with Crippen LogP contribution in [-0.2, 0) is 13.2 Å². The van der Waals surface area contributed by atoms with Crippen molar-refractivity contribution in [1.29, 1.82) is 0 Å². The maximum atomic E-state index is 9.31. The Balaban J connectivity index is 1.71. The van der Waals surface area contributed by atoms with Crippen molar-refractivity contribution in [1.82, 2.24) is 5.32 Å². The average molecular weight is 269 g/mol. The van der Waals surface area contributed by atoms with Crippen LogP contribution in [0.3, 0.4) is 0 Å². The second kappa shape index (κ2) is 6.07. The van der Waals surface area contributed by atoms with Crippen molar-refractivity contribution in [3.05, 3.63) is 59.7 Å². The molecule has 3 heteroatoms. The summed E-state index contributed by atoms with van der Waals surface area (Å²) in [7, 11) is 0. The van der Waals surface area contributed by atoms with Crippen LogP contribution in [0, 0.1) is 0 Å². The summed E-state index contributed by atoms with van der Waals surface area (Å²) in [6.07, 6.45) is 2.58. The molecule has 0 bridgehead atoms. The fourth-order valence-electron chi connectivity index (χ4n) is 2.13. The van der Waals surface area contributed by atoms with E-state index in [-0.39, 0.29) is 6.61 Å². The SMILES string of the molecule is OCc1ccccc1Oc1cccc(CNC2CC2)c1. The number of aliphatic hydroxyl groups is 1. The third-order valence-electron chi connectivity index (χ3n) is 3.44. The predicted octanol–water partition coefficient (Wildman–Crippen LogP) is 3.22. The van der Waals surface area contributed by atoms with E-state index in [0.29, 0.717) is 11.8 Å². The largest absolute Gasteiger partial charge is 0.457 e. The van der Waals surface area contributed by atoms with Gasteiger partial charge in [0.25, 0.3) is 0 Å². The van der Waals surface area contributed by atoms with Crippen LogP contribution in [0.4, 0.5) is 0 Å². The van der Waals surface area contributed by atoms with Crippen LogP contribution in [0.25, 0.3) is 0 Å². The Kier molecular flexibility index (Phi) is 4.00. The fourth-order valence-corrected chi connectivity index (χ4v) is 2.13. The van der Waals surface area contributed by atoms with Gasteiger partial charge in [0, 0.05) is 18.2 Å². The van der Waals surface area contributed by atoms with Crippen LogP contribution in [0.15, 0.2) is 48.5 Å². The van der Waals surface area contributed by atoms with Gasteiger partial charge in [-0.25, -0.2) is 0 Å². The van der Waals surface area contributed by atoms with E-state index < -0.39 is 0 Å². The van der Waals surface area contributed by atoms with E-state index in [1.807, 2.05) is 42.5 Å². The third kappa shape index (κ3) is 3.38. The van der Waals surface area contributed by atoms with Gasteiger partial charge in [-0.2, -0.15) is 0 Å². The van der Waals surface area contributed by atoms with Crippen molar-refractivity contribution in [2.45, 2.75) is 32.0 Å². The predicted molar refractivity (Wildman–Crippen MR) is 78.7 cm³/mol. The summed E-state index contributed by atoms with van der Waals surface area (Å²) in [5, 5.41) is 12.8. The summed E-state index contributed by atoms with van der Waals surface area (Å²) >= 11 is 0. The molecular weight excluding hydrogens is 250 g/mol. The number of aliphatic hydroxyl groups excluding tert-OH is 1. The molecule has 2 N–H and O–H groups in total. The van der Waals surface area contributed by atoms with Gasteiger partial charge >= 0.3 is 0 Å². The topological polar surface area (TPSA) is 41.5 Å². The van der Waals surface area contributed by atoms with Crippen molar-refractivity contribution in [2.75, 3.05) is 0 Å². The lowest BCUT2D eigenvalue weighted by molar-refractivity contribution is 0.276. The molecule has 0 aromatic heterocycles. The van der Waals surface area contributed by atoms with Crippen molar-refractivity contribution >= 4 is 0 Å². The van der Waals surface area contributed by atoms with E-state index in [0.717, 1.165) is 17.9 Å². The number of hydrogen-bond donors (Lipinski definition) is 2. The zero-order chi connectivity index (χ0) is 13.8. The Morgan fingerprint density at radius 1 is 1.10 bits per heavy atom. The Bertz CT molecular complexity index is 579. The lowest BCUT2D eigenvalue weighted by atomic mass is 10.2.